The van der Waals surface area contributed by atoms with Crippen molar-refractivity contribution in [3.05, 3.63) is 34.5 Å². The van der Waals surface area contributed by atoms with Crippen molar-refractivity contribution in [2.75, 3.05) is 16.8 Å². The van der Waals surface area contributed by atoms with Crippen LogP contribution in [0, 0.1) is 0 Å². The van der Waals surface area contributed by atoms with Gasteiger partial charge in [-0.15, -0.1) is 28.2 Å². The lowest BCUT2D eigenvalue weighted by atomic mass is 10.0. The van der Waals surface area contributed by atoms with Crippen molar-refractivity contribution >= 4 is 81.6 Å². The highest BCUT2D eigenvalue weighted by Gasteiger charge is 2.54. The molecule has 3 aliphatic rings. The Morgan fingerprint density at radius 1 is 1.29 bits per heavy atom. The predicted octanol–water partition coefficient (Wildman–Crippen LogP) is -0.417. The molecule has 2 aromatic heterocycles. The minimum absolute atomic E-state index is 0.0337. The molecular weight excluding hydrogens is 657 g/mol. The first-order valence-electron chi connectivity index (χ1n) is 12.8. The Hall–Kier alpha value is -4.83. The third-order valence-corrected chi connectivity index (χ3v) is 9.63. The van der Waals surface area contributed by atoms with Gasteiger partial charge in [-0.1, -0.05) is 28.1 Å². The predicted molar refractivity (Wildman–Crippen MR) is 157 cm³/mol. The number of carboxylic acid groups (broad SMARTS) is 2. The van der Waals surface area contributed by atoms with Crippen molar-refractivity contribution in [1.82, 2.24) is 35.4 Å². The summed E-state index contributed by atoms with van der Waals surface area (Å²) in [5, 5.41) is 51.8. The highest BCUT2D eigenvalue weighted by atomic mass is 32.2. The van der Waals surface area contributed by atoms with Gasteiger partial charge in [0.2, 0.25) is 11.6 Å². The molecule has 22 heteroatoms. The van der Waals surface area contributed by atoms with Crippen LogP contribution in [0.5, 0.6) is 0 Å². The van der Waals surface area contributed by atoms with Gasteiger partial charge in [-0.2, -0.15) is 0 Å². The van der Waals surface area contributed by atoms with Crippen LogP contribution >= 0.6 is 34.9 Å². The second-order valence-corrected chi connectivity index (χ2v) is 12.2. The van der Waals surface area contributed by atoms with E-state index in [0.717, 1.165) is 39.1 Å². The quantitative estimate of drug-likeness (QED) is 0.0323. The molecule has 0 spiro atoms. The average molecular weight is 679 g/mol. The summed E-state index contributed by atoms with van der Waals surface area (Å²) < 4.78 is 1.07. The van der Waals surface area contributed by atoms with E-state index in [-0.39, 0.29) is 45.0 Å². The Morgan fingerprint density at radius 3 is 2.80 bits per heavy atom. The van der Waals surface area contributed by atoms with Gasteiger partial charge in [0.25, 0.3) is 11.8 Å². The molecule has 45 heavy (non-hydrogen) atoms. The third kappa shape index (κ3) is 6.81. The molecule has 3 amide bonds. The highest BCUT2D eigenvalue weighted by molar-refractivity contribution is 8.01. The van der Waals surface area contributed by atoms with E-state index in [1.807, 2.05) is 6.08 Å². The largest absolute Gasteiger partial charge is 0.477 e. The SMILES string of the molecule is O=CNc1nc(C(=NOC2C=CCC2)C(=O)NC2C(=O)N3C(C(=O)O)=C(CSc4nnnn4CC(=NO)C(=O)O)CS[C@@H]23)cs1. The number of carboxylic acids is 2. The summed E-state index contributed by atoms with van der Waals surface area (Å²) in [7, 11) is 0. The maximum Gasteiger partial charge on any atom is 0.355 e. The minimum Gasteiger partial charge on any atom is -0.477 e. The van der Waals surface area contributed by atoms with Crippen LogP contribution in [-0.4, -0.2) is 116 Å². The lowest BCUT2D eigenvalue weighted by Crippen LogP contribution is -2.71. The lowest BCUT2D eigenvalue weighted by molar-refractivity contribution is -0.150. The number of aromatic nitrogens is 5. The molecule has 0 radical (unpaired) electrons. The molecule has 5 rings (SSSR count). The zero-order valence-corrected chi connectivity index (χ0v) is 25.1. The number of hydrogen-bond donors (Lipinski definition) is 5. The van der Waals surface area contributed by atoms with Crippen molar-refractivity contribution in [3.63, 3.8) is 0 Å². The van der Waals surface area contributed by atoms with Crippen LogP contribution in [0.25, 0.3) is 0 Å². The molecule has 0 bridgehead atoms. The number of fused-ring (bicyclic) bond motifs is 1. The van der Waals surface area contributed by atoms with Gasteiger partial charge in [-0.3, -0.25) is 19.3 Å². The van der Waals surface area contributed by atoms with Crippen LogP contribution in [0.4, 0.5) is 5.13 Å². The molecule has 4 heterocycles. The number of carbonyl (C=O) groups excluding carboxylic acids is 3. The first-order chi connectivity index (χ1) is 21.7. The zero-order valence-electron chi connectivity index (χ0n) is 22.7. The van der Waals surface area contributed by atoms with Crippen LogP contribution in [0.3, 0.4) is 0 Å². The molecule has 5 N–H and O–H groups in total. The first-order valence-corrected chi connectivity index (χ1v) is 15.7. The van der Waals surface area contributed by atoms with E-state index in [2.05, 4.69) is 41.5 Å². The molecular formula is C23H22N10O9S3. The fraction of sp³-hybridized carbons (Fsp3) is 0.348. The van der Waals surface area contributed by atoms with Gasteiger partial charge >= 0.3 is 11.9 Å². The van der Waals surface area contributed by atoms with E-state index in [4.69, 9.17) is 15.2 Å². The molecule has 236 valence electrons. The Morgan fingerprint density at radius 2 is 2.11 bits per heavy atom. The summed E-state index contributed by atoms with van der Waals surface area (Å²) in [6.45, 7) is -0.446. The number of nitrogens with zero attached hydrogens (tertiary/aromatic N) is 8. The Bertz CT molecular complexity index is 1650. The van der Waals surface area contributed by atoms with Gasteiger partial charge in [0.05, 0.1) is 6.54 Å². The summed E-state index contributed by atoms with van der Waals surface area (Å²) in [5.41, 5.74) is -0.615. The summed E-state index contributed by atoms with van der Waals surface area (Å²) in [6, 6.07) is -1.08. The highest BCUT2D eigenvalue weighted by Crippen LogP contribution is 2.41. The van der Waals surface area contributed by atoms with Crippen molar-refractivity contribution in [3.8, 4) is 0 Å². The smallest absolute Gasteiger partial charge is 0.355 e. The topological polar surface area (TPSA) is 264 Å². The van der Waals surface area contributed by atoms with Crippen LogP contribution in [-0.2, 0) is 35.4 Å². The molecule has 19 nitrogen and oxygen atoms in total. The van der Waals surface area contributed by atoms with Gasteiger partial charge in [0, 0.05) is 16.9 Å². The number of hydrogen-bond acceptors (Lipinski definition) is 16. The minimum atomic E-state index is -1.48. The fourth-order valence-electron chi connectivity index (χ4n) is 4.36. The van der Waals surface area contributed by atoms with Gasteiger partial charge < -0.3 is 30.9 Å². The number of allylic oxidation sites excluding steroid dienone is 1. The molecule has 2 aromatic rings. The number of nitrogens with one attached hydrogen (secondary N) is 2. The molecule has 1 fully saturated rings. The number of rotatable bonds is 14. The maximum absolute atomic E-state index is 13.4. The van der Waals surface area contributed by atoms with E-state index in [9.17, 15) is 29.1 Å². The van der Waals surface area contributed by atoms with Crippen LogP contribution in [0.15, 0.2) is 44.3 Å². The van der Waals surface area contributed by atoms with E-state index >= 15 is 0 Å². The number of amides is 3. The molecule has 0 saturated carbocycles. The molecule has 2 unspecified atom stereocenters. The van der Waals surface area contributed by atoms with Gasteiger partial charge in [-0.25, -0.2) is 19.3 Å². The molecule has 1 saturated heterocycles. The lowest BCUT2D eigenvalue weighted by Gasteiger charge is -2.49. The van der Waals surface area contributed by atoms with Crippen molar-refractivity contribution < 1.29 is 44.2 Å². The van der Waals surface area contributed by atoms with Crippen LogP contribution in [0.2, 0.25) is 0 Å². The fourth-order valence-corrected chi connectivity index (χ4v) is 7.37. The van der Waals surface area contributed by atoms with E-state index in [1.54, 1.807) is 6.08 Å². The van der Waals surface area contributed by atoms with Crippen LogP contribution < -0.4 is 10.6 Å². The summed E-state index contributed by atoms with van der Waals surface area (Å²) >= 11 is 3.28. The number of oxime groups is 2. The summed E-state index contributed by atoms with van der Waals surface area (Å²) in [6.07, 6.45) is 5.27. The number of thiazole rings is 1. The van der Waals surface area contributed by atoms with Gasteiger partial charge in [0.1, 0.15) is 28.9 Å². The second-order valence-electron chi connectivity index (χ2n) is 9.27. The standard InChI is InChI=1S/C23H22N10O9S3/c34-9-24-22-25-13(8-44-22)14(29-42-11-3-1-2-4-11)17(35)26-15-18(36)33-16(21(39)40)10(6-43-19(15)33)7-45-23-27-30-31-32(23)5-12(28-41)20(37)38/h1,3,8-9,11,15,19,41H,2,4-7H2,(H,26,35)(H,37,38)(H,39,40)(H,24,25,34)/t11?,15?,19-/m0/s1. The number of thioether (sulfide) groups is 2. The first kappa shape index (κ1) is 31.6. The molecule has 1 aliphatic carbocycles. The summed E-state index contributed by atoms with van der Waals surface area (Å²) in [5.74, 6) is -4.05. The number of β-lactam (4-membered cyclic amide) rings is 1. The monoisotopic (exact) mass is 678 g/mol. The normalized spacial score (nSPS) is 21.3. The third-order valence-electron chi connectivity index (χ3n) is 6.47. The number of carbonyl (C=O) groups is 5. The number of tetrazole rings is 1. The van der Waals surface area contributed by atoms with Crippen LogP contribution in [0.1, 0.15) is 18.5 Å². The van der Waals surface area contributed by atoms with E-state index in [0.29, 0.717) is 18.4 Å². The second kappa shape index (κ2) is 13.9. The van der Waals surface area contributed by atoms with Gasteiger partial charge in [-0.05, 0) is 34.9 Å². The number of anilines is 1. The van der Waals surface area contributed by atoms with Gasteiger partial charge in [0.15, 0.2) is 16.6 Å². The molecule has 0 aromatic carbocycles. The Balaban J connectivity index is 1.29. The molecule has 3 atom stereocenters. The maximum atomic E-state index is 13.4. The van der Waals surface area contributed by atoms with E-state index < -0.39 is 47.4 Å². The average Bonchev–Trinajstić information content (AvgIpc) is 3.80. The van der Waals surface area contributed by atoms with Crippen molar-refractivity contribution in [2.45, 2.75) is 42.1 Å². The van der Waals surface area contributed by atoms with E-state index in [1.165, 1.54) is 17.1 Å². The number of aliphatic carboxylic acids is 2. The Labute approximate surface area is 264 Å². The molecule has 2 aliphatic heterocycles. The zero-order chi connectivity index (χ0) is 32.1. The summed E-state index contributed by atoms with van der Waals surface area (Å²) in [4.78, 5) is 71.6. The van der Waals surface area contributed by atoms with Crippen molar-refractivity contribution in [1.29, 1.82) is 0 Å². The Kier molecular flexibility index (Phi) is 9.73. The van der Waals surface area contributed by atoms with Crippen molar-refractivity contribution in [2.24, 2.45) is 10.3 Å².